The Morgan fingerprint density at radius 1 is 1.61 bits per heavy atom. The van der Waals surface area contributed by atoms with Crippen molar-refractivity contribution < 1.29 is 9.59 Å². The molecule has 2 amide bonds. The number of amides is 2. The second-order valence-electron chi connectivity index (χ2n) is 4.44. The van der Waals surface area contributed by atoms with Crippen molar-refractivity contribution in [3.63, 3.8) is 0 Å². The zero-order chi connectivity index (χ0) is 13.0. The van der Waals surface area contributed by atoms with E-state index in [1.165, 1.54) is 0 Å². The summed E-state index contributed by atoms with van der Waals surface area (Å²) in [6, 6.07) is 2.02. The predicted molar refractivity (Wildman–Crippen MR) is 70.2 cm³/mol. The van der Waals surface area contributed by atoms with E-state index in [2.05, 4.69) is 5.32 Å². The van der Waals surface area contributed by atoms with Gasteiger partial charge in [-0.05, 0) is 22.4 Å². The zero-order valence-corrected chi connectivity index (χ0v) is 11.2. The number of likely N-dealkylation sites (N-methyl/N-ethyl adjacent to an activating group) is 1. The van der Waals surface area contributed by atoms with Crippen LogP contribution in [0.2, 0.25) is 0 Å². The van der Waals surface area contributed by atoms with E-state index in [0.717, 1.165) is 12.1 Å². The van der Waals surface area contributed by atoms with Crippen LogP contribution in [-0.2, 0) is 16.1 Å². The first-order valence-corrected chi connectivity index (χ1v) is 6.83. The number of carbonyl (C=O) groups excluding carboxylic acids is 2. The van der Waals surface area contributed by atoms with Crippen LogP contribution < -0.4 is 5.32 Å². The molecule has 0 atom stereocenters. The first kappa shape index (κ1) is 13.0. The van der Waals surface area contributed by atoms with Gasteiger partial charge in [-0.15, -0.1) is 0 Å². The molecule has 1 saturated heterocycles. The number of thiophene rings is 1. The minimum absolute atomic E-state index is 0.00506. The quantitative estimate of drug-likeness (QED) is 0.844. The highest BCUT2D eigenvalue weighted by Crippen LogP contribution is 2.08. The summed E-state index contributed by atoms with van der Waals surface area (Å²) in [5, 5.41) is 6.79. The van der Waals surface area contributed by atoms with Gasteiger partial charge in [0.1, 0.15) is 0 Å². The van der Waals surface area contributed by atoms with Gasteiger partial charge < -0.3 is 10.2 Å². The van der Waals surface area contributed by atoms with Crippen molar-refractivity contribution in [2.24, 2.45) is 0 Å². The fraction of sp³-hybridized carbons (Fsp3) is 0.500. The summed E-state index contributed by atoms with van der Waals surface area (Å²) >= 11 is 1.63. The molecule has 98 valence electrons. The highest BCUT2D eigenvalue weighted by atomic mass is 32.1. The lowest BCUT2D eigenvalue weighted by molar-refractivity contribution is -0.133. The van der Waals surface area contributed by atoms with Crippen LogP contribution in [0.5, 0.6) is 0 Å². The first-order chi connectivity index (χ1) is 8.65. The molecule has 6 heteroatoms. The molecule has 0 bridgehead atoms. The summed E-state index contributed by atoms with van der Waals surface area (Å²) < 4.78 is 0. The van der Waals surface area contributed by atoms with E-state index in [9.17, 15) is 9.59 Å². The molecular weight excluding hydrogens is 250 g/mol. The van der Waals surface area contributed by atoms with Gasteiger partial charge >= 0.3 is 0 Å². The Kier molecular flexibility index (Phi) is 4.33. The summed E-state index contributed by atoms with van der Waals surface area (Å²) in [5.74, 6) is 0.0467. The van der Waals surface area contributed by atoms with Crippen molar-refractivity contribution in [3.05, 3.63) is 22.4 Å². The molecule has 0 saturated carbocycles. The standard InChI is InChI=1S/C12H17N3O2S/c1-14(6-10-2-5-18-9-10)12(17)8-15-4-3-13-11(16)7-15/h2,5,9H,3-4,6-8H2,1H3,(H,13,16). The van der Waals surface area contributed by atoms with Crippen LogP contribution in [-0.4, -0.2) is 54.8 Å². The maximum atomic E-state index is 12.0. The topological polar surface area (TPSA) is 52.7 Å². The maximum absolute atomic E-state index is 12.0. The van der Waals surface area contributed by atoms with Crippen LogP contribution in [0, 0.1) is 0 Å². The van der Waals surface area contributed by atoms with Crippen LogP contribution >= 0.6 is 11.3 Å². The summed E-state index contributed by atoms with van der Waals surface area (Å²) in [6.45, 7) is 2.62. The lowest BCUT2D eigenvalue weighted by Crippen LogP contribution is -2.50. The third-order valence-corrected chi connectivity index (χ3v) is 3.63. The van der Waals surface area contributed by atoms with Crippen molar-refractivity contribution in [2.75, 3.05) is 33.2 Å². The summed E-state index contributed by atoms with van der Waals surface area (Å²) in [7, 11) is 1.80. The summed E-state index contributed by atoms with van der Waals surface area (Å²) in [4.78, 5) is 26.8. The van der Waals surface area contributed by atoms with E-state index in [1.807, 2.05) is 21.7 Å². The van der Waals surface area contributed by atoms with Crippen molar-refractivity contribution in [3.8, 4) is 0 Å². The van der Waals surface area contributed by atoms with E-state index >= 15 is 0 Å². The van der Waals surface area contributed by atoms with Crippen molar-refractivity contribution in [1.82, 2.24) is 15.1 Å². The van der Waals surface area contributed by atoms with Crippen molar-refractivity contribution >= 4 is 23.2 Å². The van der Waals surface area contributed by atoms with Gasteiger partial charge in [0.2, 0.25) is 11.8 Å². The van der Waals surface area contributed by atoms with E-state index < -0.39 is 0 Å². The highest BCUT2D eigenvalue weighted by molar-refractivity contribution is 7.07. The average molecular weight is 267 g/mol. The molecule has 1 N–H and O–H groups in total. The maximum Gasteiger partial charge on any atom is 0.236 e. The van der Waals surface area contributed by atoms with E-state index in [-0.39, 0.29) is 11.8 Å². The normalized spacial score (nSPS) is 16.4. The molecule has 1 aliphatic rings. The molecule has 0 radical (unpaired) electrons. The molecule has 0 spiro atoms. The van der Waals surface area contributed by atoms with Gasteiger partial charge in [0.05, 0.1) is 13.1 Å². The third kappa shape index (κ3) is 3.54. The number of nitrogens with one attached hydrogen (secondary N) is 1. The number of carbonyl (C=O) groups is 2. The Morgan fingerprint density at radius 3 is 3.11 bits per heavy atom. The van der Waals surface area contributed by atoms with Gasteiger partial charge in [-0.2, -0.15) is 11.3 Å². The number of piperazine rings is 1. The molecular formula is C12H17N3O2S. The molecule has 2 rings (SSSR count). The second-order valence-corrected chi connectivity index (χ2v) is 5.22. The number of nitrogens with zero attached hydrogens (tertiary/aromatic N) is 2. The zero-order valence-electron chi connectivity index (χ0n) is 10.4. The van der Waals surface area contributed by atoms with Gasteiger partial charge in [0, 0.05) is 26.7 Å². The Hall–Kier alpha value is -1.40. The Labute approximate surface area is 110 Å². The van der Waals surface area contributed by atoms with Crippen LogP contribution in [0.4, 0.5) is 0 Å². The van der Waals surface area contributed by atoms with E-state index in [0.29, 0.717) is 26.2 Å². The molecule has 1 aromatic rings. The molecule has 2 heterocycles. The molecule has 0 aliphatic carbocycles. The molecule has 1 aliphatic heterocycles. The van der Waals surface area contributed by atoms with E-state index in [4.69, 9.17) is 0 Å². The van der Waals surface area contributed by atoms with Crippen molar-refractivity contribution in [1.29, 1.82) is 0 Å². The molecule has 0 aromatic carbocycles. The molecule has 18 heavy (non-hydrogen) atoms. The lowest BCUT2D eigenvalue weighted by atomic mass is 10.3. The predicted octanol–water partition coefficient (Wildman–Crippen LogP) is 0.138. The molecule has 0 unspecified atom stereocenters. The van der Waals surface area contributed by atoms with Gasteiger partial charge in [0.15, 0.2) is 0 Å². The fourth-order valence-corrected chi connectivity index (χ4v) is 2.54. The van der Waals surface area contributed by atoms with Gasteiger partial charge in [-0.25, -0.2) is 0 Å². The smallest absolute Gasteiger partial charge is 0.236 e. The summed E-state index contributed by atoms with van der Waals surface area (Å²) in [5.41, 5.74) is 1.15. The molecule has 5 nitrogen and oxygen atoms in total. The highest BCUT2D eigenvalue weighted by Gasteiger charge is 2.20. The van der Waals surface area contributed by atoms with Gasteiger partial charge in [0.25, 0.3) is 0 Å². The van der Waals surface area contributed by atoms with Gasteiger partial charge in [-0.3, -0.25) is 14.5 Å². The van der Waals surface area contributed by atoms with Crippen LogP contribution in [0.1, 0.15) is 5.56 Å². The first-order valence-electron chi connectivity index (χ1n) is 5.89. The van der Waals surface area contributed by atoms with Gasteiger partial charge in [-0.1, -0.05) is 0 Å². The van der Waals surface area contributed by atoms with E-state index in [1.54, 1.807) is 23.3 Å². The minimum atomic E-state index is -0.00506. The number of hydrogen-bond donors (Lipinski definition) is 1. The van der Waals surface area contributed by atoms with Crippen LogP contribution in [0.25, 0.3) is 0 Å². The second kappa shape index (κ2) is 5.97. The average Bonchev–Trinajstić information content (AvgIpc) is 2.81. The Bertz CT molecular complexity index is 419. The number of rotatable bonds is 4. The third-order valence-electron chi connectivity index (χ3n) is 2.90. The molecule has 1 fully saturated rings. The Morgan fingerprint density at radius 2 is 2.44 bits per heavy atom. The van der Waals surface area contributed by atoms with Crippen LogP contribution in [0.15, 0.2) is 16.8 Å². The largest absolute Gasteiger partial charge is 0.354 e. The Balaban J connectivity index is 1.81. The van der Waals surface area contributed by atoms with Crippen LogP contribution in [0.3, 0.4) is 0 Å². The SMILES string of the molecule is CN(Cc1ccsc1)C(=O)CN1CCNC(=O)C1. The lowest BCUT2D eigenvalue weighted by Gasteiger charge is -2.27. The number of hydrogen-bond acceptors (Lipinski definition) is 4. The minimum Gasteiger partial charge on any atom is -0.354 e. The molecule has 1 aromatic heterocycles. The van der Waals surface area contributed by atoms with Crippen molar-refractivity contribution in [2.45, 2.75) is 6.54 Å². The fourth-order valence-electron chi connectivity index (χ4n) is 1.88. The monoisotopic (exact) mass is 267 g/mol. The summed E-state index contributed by atoms with van der Waals surface area (Å²) in [6.07, 6.45) is 0.